The number of rotatable bonds is 11. The first-order chi connectivity index (χ1) is 23.1. The molecule has 0 aliphatic carbocycles. The van der Waals surface area contributed by atoms with Crippen LogP contribution in [0.15, 0.2) is 55.1 Å². The number of imide groups is 2. The van der Waals surface area contributed by atoms with Crippen molar-refractivity contribution in [2.75, 3.05) is 13.7 Å². The fourth-order valence-electron chi connectivity index (χ4n) is 4.42. The molecule has 0 N–H and O–H groups in total. The number of carbonyl (C=O) groups excluding carboxylic acids is 5. The van der Waals surface area contributed by atoms with E-state index < -0.39 is 53.0 Å². The third-order valence-electron chi connectivity index (χ3n) is 6.35. The number of benzene rings is 2. The van der Waals surface area contributed by atoms with Gasteiger partial charge in [0.05, 0.1) is 19.2 Å². The number of methoxy groups -OCH3 is 1. The van der Waals surface area contributed by atoms with Gasteiger partial charge in [-0.15, -0.1) is 0 Å². The van der Waals surface area contributed by atoms with Gasteiger partial charge in [0.2, 0.25) is 0 Å². The van der Waals surface area contributed by atoms with Gasteiger partial charge in [0.25, 0.3) is 5.91 Å². The number of hydrogen-bond donors (Lipinski definition) is 0. The molecule has 274 valence electrons. The van der Waals surface area contributed by atoms with E-state index in [-0.39, 0.29) is 25.1 Å². The molecule has 1 unspecified atom stereocenters. The number of alkyl halides is 1. The molecule has 2 aromatic carbocycles. The van der Waals surface area contributed by atoms with E-state index in [2.05, 4.69) is 22.5 Å². The normalized spacial score (nSPS) is 12.2. The third-order valence-corrected chi connectivity index (χ3v) is 6.99. The smallest absolute Gasteiger partial charge is 0.420 e. The van der Waals surface area contributed by atoms with E-state index in [1.807, 2.05) is 0 Å². The van der Waals surface area contributed by atoms with Crippen molar-refractivity contribution in [1.29, 1.82) is 0 Å². The molecule has 0 heterocycles. The minimum atomic E-state index is -1.66. The molecule has 0 aliphatic heterocycles. The second-order valence-electron chi connectivity index (χ2n) is 14.4. The lowest BCUT2D eigenvalue weighted by Crippen LogP contribution is -2.57. The molecule has 50 heavy (non-hydrogen) atoms. The largest absolute Gasteiger partial charge is 0.490 e. The van der Waals surface area contributed by atoms with Crippen LogP contribution in [0.2, 0.25) is 0 Å². The maximum atomic E-state index is 14.8. The highest BCUT2D eigenvalue weighted by Crippen LogP contribution is 2.25. The molecule has 0 saturated heterocycles. The molecule has 0 radical (unpaired) electrons. The Labute approximate surface area is 303 Å². The Morgan fingerprint density at radius 3 is 1.72 bits per heavy atom. The highest BCUT2D eigenvalue weighted by molar-refractivity contribution is 9.08. The van der Waals surface area contributed by atoms with E-state index in [0.717, 1.165) is 4.90 Å². The highest BCUT2D eigenvalue weighted by Gasteiger charge is 2.44. The maximum Gasteiger partial charge on any atom is 0.420 e. The summed E-state index contributed by atoms with van der Waals surface area (Å²) in [5.41, 5.74) is -1.41. The molecule has 0 bridgehead atoms. The quantitative estimate of drug-likeness (QED) is 0.0959. The van der Waals surface area contributed by atoms with Gasteiger partial charge in [-0.05, 0) is 103 Å². The van der Waals surface area contributed by atoms with Crippen LogP contribution in [0, 0.1) is 0 Å². The fraction of sp³-hybridized carbons (Fsp3) is 0.486. The van der Waals surface area contributed by atoms with Gasteiger partial charge in [0, 0.05) is 11.8 Å². The van der Waals surface area contributed by atoms with E-state index in [9.17, 15) is 24.0 Å². The molecular formula is C37H49BrN2O10. The molecule has 2 rings (SSSR count). The van der Waals surface area contributed by atoms with Crippen LogP contribution in [0.1, 0.15) is 89.4 Å². The summed E-state index contributed by atoms with van der Waals surface area (Å²) in [5, 5.41) is 0.353. The van der Waals surface area contributed by atoms with Gasteiger partial charge in [-0.3, -0.25) is 4.79 Å². The zero-order valence-corrected chi connectivity index (χ0v) is 32.2. The van der Waals surface area contributed by atoms with Crippen molar-refractivity contribution in [3.8, 4) is 5.75 Å². The SMILES string of the molecule is C=CCOc1ccc(CC(C(=O)N(Cc2cc(CBr)cc(C(=O)OC)c2)C(=O)OC(C)(C)C)N(C(=O)OC(C)(C)C)C(=O)OC(C)(C)C)cc1. The number of esters is 1. The lowest BCUT2D eigenvalue weighted by atomic mass is 10.0. The average Bonchev–Trinajstić information content (AvgIpc) is 2.99. The molecule has 13 heteroatoms. The summed E-state index contributed by atoms with van der Waals surface area (Å²) in [5.74, 6) is -1.06. The summed E-state index contributed by atoms with van der Waals surface area (Å²) >= 11 is 3.39. The predicted octanol–water partition coefficient (Wildman–Crippen LogP) is 7.98. The van der Waals surface area contributed by atoms with Crippen LogP contribution in [0.3, 0.4) is 0 Å². The first-order valence-corrected chi connectivity index (χ1v) is 17.1. The van der Waals surface area contributed by atoms with Crippen LogP contribution in [0.5, 0.6) is 5.75 Å². The topological polar surface area (TPSA) is 138 Å². The molecule has 0 spiro atoms. The first-order valence-electron chi connectivity index (χ1n) is 16.0. The molecule has 12 nitrogen and oxygen atoms in total. The lowest BCUT2D eigenvalue weighted by molar-refractivity contribution is -0.136. The minimum Gasteiger partial charge on any atom is -0.490 e. The summed E-state index contributed by atoms with van der Waals surface area (Å²) in [6, 6.07) is 9.80. The molecular weight excluding hydrogens is 712 g/mol. The van der Waals surface area contributed by atoms with Gasteiger partial charge in [0.15, 0.2) is 0 Å². The molecule has 4 amide bonds. The Bertz CT molecular complexity index is 1510. The van der Waals surface area contributed by atoms with Crippen LogP contribution in [0.25, 0.3) is 0 Å². The predicted molar refractivity (Wildman–Crippen MR) is 191 cm³/mol. The average molecular weight is 762 g/mol. The molecule has 0 fully saturated rings. The van der Waals surface area contributed by atoms with Crippen molar-refractivity contribution < 1.29 is 47.7 Å². The zero-order valence-electron chi connectivity index (χ0n) is 30.6. The highest BCUT2D eigenvalue weighted by atomic mass is 79.9. The van der Waals surface area contributed by atoms with Crippen molar-refractivity contribution in [2.24, 2.45) is 0 Å². The number of nitrogens with zero attached hydrogens (tertiary/aromatic N) is 2. The van der Waals surface area contributed by atoms with Crippen LogP contribution in [-0.2, 0) is 42.0 Å². The van der Waals surface area contributed by atoms with E-state index in [4.69, 9.17) is 23.7 Å². The van der Waals surface area contributed by atoms with E-state index in [1.165, 1.54) is 13.2 Å². The maximum absolute atomic E-state index is 14.8. The van der Waals surface area contributed by atoms with Crippen molar-refractivity contribution in [3.05, 3.63) is 77.4 Å². The van der Waals surface area contributed by atoms with Crippen molar-refractivity contribution in [2.45, 2.75) is 103 Å². The molecule has 0 aliphatic rings. The fourth-order valence-corrected chi connectivity index (χ4v) is 4.74. The zero-order chi connectivity index (χ0) is 38.0. The van der Waals surface area contributed by atoms with E-state index >= 15 is 0 Å². The Morgan fingerprint density at radius 1 is 0.760 bits per heavy atom. The van der Waals surface area contributed by atoms with Gasteiger partial charge >= 0.3 is 24.2 Å². The van der Waals surface area contributed by atoms with Gasteiger partial charge in [-0.1, -0.05) is 46.8 Å². The van der Waals surface area contributed by atoms with Crippen LogP contribution >= 0.6 is 15.9 Å². The first kappa shape index (κ1) is 41.8. The van der Waals surface area contributed by atoms with Crippen molar-refractivity contribution in [3.63, 3.8) is 0 Å². The number of amides is 4. The summed E-state index contributed by atoms with van der Waals surface area (Å²) in [4.78, 5) is 70.3. The number of hydrogen-bond acceptors (Lipinski definition) is 10. The summed E-state index contributed by atoms with van der Waals surface area (Å²) in [7, 11) is 1.24. The summed E-state index contributed by atoms with van der Waals surface area (Å²) in [6.07, 6.45) is -2.01. The van der Waals surface area contributed by atoms with Crippen molar-refractivity contribution in [1.82, 2.24) is 9.80 Å². The number of halogens is 1. The molecule has 1 atom stereocenters. The summed E-state index contributed by atoms with van der Waals surface area (Å²) in [6.45, 7) is 18.1. The molecule has 2 aromatic rings. The second-order valence-corrected chi connectivity index (χ2v) is 14.9. The molecule has 0 saturated carbocycles. The minimum absolute atomic E-state index is 0.190. The van der Waals surface area contributed by atoms with Gasteiger partial charge in [0.1, 0.15) is 35.2 Å². The molecule has 0 aromatic heterocycles. The third kappa shape index (κ3) is 13.5. The van der Waals surface area contributed by atoms with Gasteiger partial charge < -0.3 is 23.7 Å². The standard InChI is InChI=1S/C37H49BrN2O10/c1-12-17-47-28-15-13-24(14-16-28)21-29(40(33(44)49-36(5,6)7)34(45)50-37(8,9)10)30(41)39(32(43)48-35(2,3)4)23-26-18-25(22-38)19-27(20-26)31(42)46-11/h12-16,18-20,29H,1,17,21-23H2,2-11H3. The van der Waals surface area contributed by atoms with E-state index in [0.29, 0.717) is 32.7 Å². The Morgan fingerprint density at radius 2 is 1.26 bits per heavy atom. The Kier molecular flexibility index (Phi) is 14.6. The van der Waals surface area contributed by atoms with Crippen LogP contribution in [0.4, 0.5) is 14.4 Å². The van der Waals surface area contributed by atoms with Gasteiger partial charge in [-0.2, -0.15) is 4.90 Å². The van der Waals surface area contributed by atoms with Crippen LogP contribution in [-0.4, -0.2) is 76.5 Å². The van der Waals surface area contributed by atoms with Crippen LogP contribution < -0.4 is 4.74 Å². The van der Waals surface area contributed by atoms with E-state index in [1.54, 1.807) is 105 Å². The Balaban J connectivity index is 2.83. The number of carbonyl (C=O) groups is 5. The monoisotopic (exact) mass is 760 g/mol. The summed E-state index contributed by atoms with van der Waals surface area (Å²) < 4.78 is 27.4. The lowest BCUT2D eigenvalue weighted by Gasteiger charge is -2.35. The Hall–Kier alpha value is -4.39. The van der Waals surface area contributed by atoms with Crippen molar-refractivity contribution >= 4 is 46.1 Å². The second kappa shape index (κ2) is 17.5. The number of ether oxygens (including phenoxy) is 5. The van der Waals surface area contributed by atoms with Gasteiger partial charge in [-0.25, -0.2) is 24.1 Å².